The van der Waals surface area contributed by atoms with E-state index in [4.69, 9.17) is 5.73 Å². The van der Waals surface area contributed by atoms with Crippen molar-refractivity contribution in [2.24, 2.45) is 0 Å². The maximum atomic E-state index is 11.9. The number of nitrogens with zero attached hydrogens (tertiary/aromatic N) is 3. The molecular weight excluding hydrogens is 310 g/mol. The van der Waals surface area contributed by atoms with Gasteiger partial charge in [0.1, 0.15) is 0 Å². The predicted molar refractivity (Wildman–Crippen MR) is 83.8 cm³/mol. The quantitative estimate of drug-likeness (QED) is 0.734. The Labute approximate surface area is 127 Å². The molecule has 0 unspecified atom stereocenters. The van der Waals surface area contributed by atoms with Gasteiger partial charge in [0.2, 0.25) is 9.47 Å². The number of benzene rings is 1. The van der Waals surface area contributed by atoms with Crippen molar-refractivity contribution < 1.29 is 8.42 Å². The highest BCUT2D eigenvalue weighted by molar-refractivity contribution is 7.91. The van der Waals surface area contributed by atoms with Crippen LogP contribution in [0.1, 0.15) is 6.42 Å². The molecule has 2 rings (SSSR count). The van der Waals surface area contributed by atoms with Crippen molar-refractivity contribution in [2.75, 3.05) is 30.8 Å². The van der Waals surface area contributed by atoms with Crippen molar-refractivity contribution >= 4 is 32.2 Å². The molecule has 1 heterocycles. The van der Waals surface area contributed by atoms with E-state index >= 15 is 0 Å². The van der Waals surface area contributed by atoms with Crippen LogP contribution in [0.25, 0.3) is 0 Å². The molecule has 114 valence electrons. The molecular formula is C12H17N5O2S2. The van der Waals surface area contributed by atoms with Gasteiger partial charge in [0.05, 0.1) is 0 Å². The summed E-state index contributed by atoms with van der Waals surface area (Å²) in [6, 6.07) is 9.91. The van der Waals surface area contributed by atoms with Crippen LogP contribution >= 0.6 is 11.3 Å². The van der Waals surface area contributed by atoms with E-state index in [1.54, 1.807) is 0 Å². The summed E-state index contributed by atoms with van der Waals surface area (Å²) in [5, 5.41) is 7.17. The molecule has 21 heavy (non-hydrogen) atoms. The highest BCUT2D eigenvalue weighted by Crippen LogP contribution is 2.16. The third-order valence-electron chi connectivity index (χ3n) is 2.81. The van der Waals surface area contributed by atoms with E-state index < -0.39 is 10.0 Å². The largest absolute Gasteiger partial charge is 0.375 e. The third kappa shape index (κ3) is 4.38. The molecule has 0 aliphatic rings. The monoisotopic (exact) mass is 327 g/mol. The molecule has 2 aromatic rings. The van der Waals surface area contributed by atoms with Crippen LogP contribution in [0.2, 0.25) is 0 Å². The lowest BCUT2D eigenvalue weighted by Gasteiger charge is -2.18. The van der Waals surface area contributed by atoms with Crippen LogP contribution in [-0.4, -0.2) is 38.8 Å². The van der Waals surface area contributed by atoms with Crippen LogP contribution < -0.4 is 15.4 Å². The number of rotatable bonds is 7. The summed E-state index contributed by atoms with van der Waals surface area (Å²) in [7, 11) is -1.64. The van der Waals surface area contributed by atoms with Gasteiger partial charge in [-0.15, -0.1) is 10.2 Å². The number of hydrogen-bond donors (Lipinski definition) is 2. The SMILES string of the molecule is CN(CCCNS(=O)(=O)c1nnc(N)s1)c1ccccc1. The summed E-state index contributed by atoms with van der Waals surface area (Å²) in [6.07, 6.45) is 0.679. The van der Waals surface area contributed by atoms with Gasteiger partial charge in [0.25, 0.3) is 10.0 Å². The van der Waals surface area contributed by atoms with E-state index in [1.807, 2.05) is 37.4 Å². The second kappa shape index (κ2) is 6.83. The Balaban J connectivity index is 1.80. The van der Waals surface area contributed by atoms with Crippen LogP contribution in [0.4, 0.5) is 10.8 Å². The molecule has 0 aliphatic carbocycles. The number of anilines is 2. The number of sulfonamides is 1. The number of nitrogens with two attached hydrogens (primary N) is 1. The first-order chi connectivity index (χ1) is 9.99. The molecule has 1 aromatic carbocycles. The molecule has 0 aliphatic heterocycles. The predicted octanol–water partition coefficient (Wildman–Crippen LogP) is 0.925. The highest BCUT2D eigenvalue weighted by Gasteiger charge is 2.18. The molecule has 0 radical (unpaired) electrons. The van der Waals surface area contributed by atoms with Crippen LogP contribution in [0, 0.1) is 0 Å². The van der Waals surface area contributed by atoms with Gasteiger partial charge < -0.3 is 10.6 Å². The fourth-order valence-electron chi connectivity index (χ4n) is 1.73. The van der Waals surface area contributed by atoms with Gasteiger partial charge in [0, 0.05) is 25.8 Å². The lowest BCUT2D eigenvalue weighted by atomic mass is 10.3. The van der Waals surface area contributed by atoms with Crippen molar-refractivity contribution in [3.63, 3.8) is 0 Å². The molecule has 1 aromatic heterocycles. The number of nitrogen functional groups attached to an aromatic ring is 1. The molecule has 0 bridgehead atoms. The van der Waals surface area contributed by atoms with Crippen molar-refractivity contribution in [1.82, 2.24) is 14.9 Å². The van der Waals surface area contributed by atoms with Gasteiger partial charge in [-0.3, -0.25) is 0 Å². The summed E-state index contributed by atoms with van der Waals surface area (Å²) >= 11 is 0.851. The number of para-hydroxylation sites is 1. The van der Waals surface area contributed by atoms with E-state index in [9.17, 15) is 8.42 Å². The molecule has 3 N–H and O–H groups in total. The summed E-state index contributed by atoms with van der Waals surface area (Å²) < 4.78 is 26.2. The number of hydrogen-bond acceptors (Lipinski definition) is 7. The molecule has 0 fully saturated rings. The first-order valence-electron chi connectivity index (χ1n) is 6.34. The summed E-state index contributed by atoms with van der Waals surface area (Å²) in [4.78, 5) is 2.07. The Hall–Kier alpha value is -1.71. The van der Waals surface area contributed by atoms with E-state index in [2.05, 4.69) is 19.8 Å². The minimum atomic E-state index is -3.61. The Bertz CT molecular complexity index is 672. The molecule has 0 saturated carbocycles. The highest BCUT2D eigenvalue weighted by atomic mass is 32.2. The molecule has 0 atom stereocenters. The maximum Gasteiger partial charge on any atom is 0.269 e. The summed E-state index contributed by atoms with van der Waals surface area (Å²) in [5.41, 5.74) is 6.47. The summed E-state index contributed by atoms with van der Waals surface area (Å²) in [5.74, 6) is 0. The zero-order valence-corrected chi connectivity index (χ0v) is 13.2. The Kier molecular flexibility index (Phi) is 5.10. The third-order valence-corrected chi connectivity index (χ3v) is 5.39. The Morgan fingerprint density at radius 2 is 2.00 bits per heavy atom. The number of nitrogens with one attached hydrogen (secondary N) is 1. The zero-order valence-electron chi connectivity index (χ0n) is 11.6. The fourth-order valence-corrected chi connectivity index (χ4v) is 3.62. The molecule has 7 nitrogen and oxygen atoms in total. The van der Waals surface area contributed by atoms with Gasteiger partial charge in [-0.1, -0.05) is 29.5 Å². The van der Waals surface area contributed by atoms with E-state index in [0.717, 1.165) is 23.6 Å². The second-order valence-corrected chi connectivity index (χ2v) is 7.36. The van der Waals surface area contributed by atoms with Gasteiger partial charge in [-0.2, -0.15) is 0 Å². The second-order valence-electron chi connectivity index (χ2n) is 4.41. The standard InChI is InChI=1S/C12H17N5O2S2/c1-17(10-6-3-2-4-7-10)9-5-8-14-21(18,19)12-16-15-11(13)20-12/h2-4,6-7,14H,5,8-9H2,1H3,(H2,13,15). The summed E-state index contributed by atoms with van der Waals surface area (Å²) in [6.45, 7) is 1.07. The fraction of sp³-hybridized carbons (Fsp3) is 0.333. The average molecular weight is 327 g/mol. The van der Waals surface area contributed by atoms with Crippen LogP contribution in [-0.2, 0) is 10.0 Å². The molecule has 0 saturated heterocycles. The maximum absolute atomic E-state index is 11.9. The van der Waals surface area contributed by atoms with Crippen LogP contribution in [0.5, 0.6) is 0 Å². The minimum absolute atomic E-state index is 0.101. The van der Waals surface area contributed by atoms with Crippen molar-refractivity contribution in [1.29, 1.82) is 0 Å². The Morgan fingerprint density at radius 3 is 2.62 bits per heavy atom. The lowest BCUT2D eigenvalue weighted by molar-refractivity contribution is 0.577. The van der Waals surface area contributed by atoms with E-state index in [1.165, 1.54) is 0 Å². The normalized spacial score (nSPS) is 11.5. The van der Waals surface area contributed by atoms with E-state index in [-0.39, 0.29) is 9.47 Å². The number of aromatic nitrogens is 2. The smallest absolute Gasteiger partial charge is 0.269 e. The minimum Gasteiger partial charge on any atom is -0.375 e. The van der Waals surface area contributed by atoms with Crippen molar-refractivity contribution in [2.45, 2.75) is 10.8 Å². The van der Waals surface area contributed by atoms with Crippen molar-refractivity contribution in [3.8, 4) is 0 Å². The molecule has 0 spiro atoms. The van der Waals surface area contributed by atoms with E-state index in [0.29, 0.717) is 13.0 Å². The topological polar surface area (TPSA) is 101 Å². The van der Waals surface area contributed by atoms with Crippen molar-refractivity contribution in [3.05, 3.63) is 30.3 Å². The average Bonchev–Trinajstić information content (AvgIpc) is 2.92. The lowest BCUT2D eigenvalue weighted by Crippen LogP contribution is -2.28. The van der Waals surface area contributed by atoms with Crippen LogP contribution in [0.15, 0.2) is 34.7 Å². The Morgan fingerprint density at radius 1 is 1.29 bits per heavy atom. The van der Waals surface area contributed by atoms with Gasteiger partial charge in [-0.25, -0.2) is 13.1 Å². The zero-order chi connectivity index (χ0) is 15.3. The van der Waals surface area contributed by atoms with Gasteiger partial charge in [0.15, 0.2) is 0 Å². The van der Waals surface area contributed by atoms with Crippen LogP contribution in [0.3, 0.4) is 0 Å². The molecule has 0 amide bonds. The first-order valence-corrected chi connectivity index (χ1v) is 8.64. The van der Waals surface area contributed by atoms with Gasteiger partial charge in [-0.05, 0) is 18.6 Å². The first kappa shape index (κ1) is 15.7. The molecule has 9 heteroatoms. The van der Waals surface area contributed by atoms with Gasteiger partial charge >= 0.3 is 0 Å².